The van der Waals surface area contributed by atoms with Crippen LogP contribution in [0.15, 0.2) is 77.6 Å². The molecule has 0 fully saturated rings. The molecule has 0 saturated carbocycles. The van der Waals surface area contributed by atoms with Gasteiger partial charge in [0.25, 0.3) is 5.56 Å². The standard InChI is InChI=1S/C21H15ClN2O/c1-14-11-12-16(18(22)13-14)20-23-19-10-6-5-9-17(19)21(25)24(20)15-7-3-2-4-8-15/h2-13H,1H3. The molecule has 0 unspecified atom stereocenters. The Balaban J connectivity index is 2.14. The van der Waals surface area contributed by atoms with E-state index in [1.165, 1.54) is 0 Å². The number of aryl methyl sites for hydroxylation is 1. The van der Waals surface area contributed by atoms with Crippen LogP contribution in [-0.2, 0) is 0 Å². The molecule has 0 amide bonds. The van der Waals surface area contributed by atoms with Crippen molar-refractivity contribution in [2.75, 3.05) is 0 Å². The minimum Gasteiger partial charge on any atom is -0.268 e. The molecular weight excluding hydrogens is 332 g/mol. The lowest BCUT2D eigenvalue weighted by Crippen LogP contribution is -2.22. The van der Waals surface area contributed by atoms with E-state index >= 15 is 0 Å². The molecule has 4 heteroatoms. The third kappa shape index (κ3) is 2.73. The van der Waals surface area contributed by atoms with E-state index < -0.39 is 0 Å². The minimum absolute atomic E-state index is 0.108. The molecule has 122 valence electrons. The molecule has 0 bridgehead atoms. The summed E-state index contributed by atoms with van der Waals surface area (Å²) < 4.78 is 1.62. The maximum Gasteiger partial charge on any atom is 0.266 e. The van der Waals surface area contributed by atoms with Crippen molar-refractivity contribution in [3.63, 3.8) is 0 Å². The minimum atomic E-state index is -0.108. The number of fused-ring (bicyclic) bond motifs is 1. The second kappa shape index (κ2) is 6.19. The number of nitrogens with zero attached hydrogens (tertiary/aromatic N) is 2. The van der Waals surface area contributed by atoms with Gasteiger partial charge in [0.15, 0.2) is 0 Å². The fraction of sp³-hybridized carbons (Fsp3) is 0.0476. The Morgan fingerprint density at radius 2 is 1.64 bits per heavy atom. The number of halogens is 1. The summed E-state index contributed by atoms with van der Waals surface area (Å²) in [5, 5.41) is 1.16. The predicted molar refractivity (Wildman–Crippen MR) is 103 cm³/mol. The van der Waals surface area contributed by atoms with Gasteiger partial charge in [0.2, 0.25) is 0 Å². The van der Waals surface area contributed by atoms with Gasteiger partial charge in [0, 0.05) is 5.56 Å². The molecule has 25 heavy (non-hydrogen) atoms. The molecule has 0 aliphatic heterocycles. The smallest absolute Gasteiger partial charge is 0.266 e. The fourth-order valence-electron chi connectivity index (χ4n) is 2.93. The fourth-order valence-corrected chi connectivity index (χ4v) is 3.25. The van der Waals surface area contributed by atoms with Crippen molar-refractivity contribution in [3.8, 4) is 17.1 Å². The molecule has 0 radical (unpaired) electrons. The molecule has 4 aromatic rings. The van der Waals surface area contributed by atoms with Crippen LogP contribution >= 0.6 is 11.6 Å². The molecule has 0 aliphatic rings. The number of hydrogen-bond donors (Lipinski definition) is 0. The summed E-state index contributed by atoms with van der Waals surface area (Å²) in [4.78, 5) is 17.9. The molecule has 0 N–H and O–H groups in total. The number of benzene rings is 3. The van der Waals surface area contributed by atoms with Gasteiger partial charge in [-0.15, -0.1) is 0 Å². The third-order valence-corrected chi connectivity index (χ3v) is 4.47. The normalized spacial score (nSPS) is 11.0. The first-order chi connectivity index (χ1) is 12.1. The Morgan fingerprint density at radius 3 is 2.40 bits per heavy atom. The first-order valence-corrected chi connectivity index (χ1v) is 8.37. The van der Waals surface area contributed by atoms with Crippen molar-refractivity contribution < 1.29 is 0 Å². The van der Waals surface area contributed by atoms with Gasteiger partial charge < -0.3 is 0 Å². The van der Waals surface area contributed by atoms with E-state index in [4.69, 9.17) is 16.6 Å². The Kier molecular flexibility index (Phi) is 3.86. The second-order valence-corrected chi connectivity index (χ2v) is 6.32. The highest BCUT2D eigenvalue weighted by Crippen LogP contribution is 2.29. The van der Waals surface area contributed by atoms with E-state index in [-0.39, 0.29) is 5.56 Å². The zero-order valence-corrected chi connectivity index (χ0v) is 14.4. The van der Waals surface area contributed by atoms with E-state index in [0.717, 1.165) is 16.8 Å². The van der Waals surface area contributed by atoms with E-state index in [1.54, 1.807) is 10.6 Å². The van der Waals surface area contributed by atoms with Crippen LogP contribution in [0.1, 0.15) is 5.56 Å². The molecule has 3 aromatic carbocycles. The lowest BCUT2D eigenvalue weighted by atomic mass is 10.1. The molecule has 3 nitrogen and oxygen atoms in total. The van der Waals surface area contributed by atoms with Crippen molar-refractivity contribution in [2.24, 2.45) is 0 Å². The first kappa shape index (κ1) is 15.6. The van der Waals surface area contributed by atoms with Gasteiger partial charge in [-0.05, 0) is 48.9 Å². The Labute approximate surface area is 150 Å². The summed E-state index contributed by atoms with van der Waals surface area (Å²) in [5.74, 6) is 0.542. The van der Waals surface area contributed by atoms with E-state index in [1.807, 2.05) is 73.7 Å². The molecular formula is C21H15ClN2O. The largest absolute Gasteiger partial charge is 0.268 e. The summed E-state index contributed by atoms with van der Waals surface area (Å²) in [6.45, 7) is 1.98. The van der Waals surface area contributed by atoms with Crippen LogP contribution in [0.4, 0.5) is 0 Å². The maximum absolute atomic E-state index is 13.2. The van der Waals surface area contributed by atoms with Crippen molar-refractivity contribution in [1.29, 1.82) is 0 Å². The number of hydrogen-bond acceptors (Lipinski definition) is 2. The van der Waals surface area contributed by atoms with Crippen LogP contribution in [0.25, 0.3) is 28.0 Å². The Morgan fingerprint density at radius 1 is 0.920 bits per heavy atom. The van der Waals surface area contributed by atoms with Gasteiger partial charge >= 0.3 is 0 Å². The topological polar surface area (TPSA) is 34.9 Å². The van der Waals surface area contributed by atoms with Gasteiger partial charge in [-0.3, -0.25) is 9.36 Å². The van der Waals surface area contributed by atoms with Crippen LogP contribution in [0.5, 0.6) is 0 Å². The van der Waals surface area contributed by atoms with Gasteiger partial charge in [-0.25, -0.2) is 4.98 Å². The van der Waals surface area contributed by atoms with Gasteiger partial charge in [0.1, 0.15) is 5.82 Å². The molecule has 4 rings (SSSR count). The highest BCUT2D eigenvalue weighted by molar-refractivity contribution is 6.33. The molecule has 1 heterocycles. The van der Waals surface area contributed by atoms with E-state index in [0.29, 0.717) is 21.7 Å². The highest BCUT2D eigenvalue weighted by Gasteiger charge is 2.16. The van der Waals surface area contributed by atoms with Gasteiger partial charge in [-0.2, -0.15) is 0 Å². The van der Waals surface area contributed by atoms with E-state index in [9.17, 15) is 4.79 Å². The van der Waals surface area contributed by atoms with Crippen LogP contribution in [0.3, 0.4) is 0 Å². The zero-order chi connectivity index (χ0) is 17.4. The van der Waals surface area contributed by atoms with Crippen molar-refractivity contribution >= 4 is 22.5 Å². The van der Waals surface area contributed by atoms with Crippen LogP contribution in [0.2, 0.25) is 5.02 Å². The summed E-state index contributed by atoms with van der Waals surface area (Å²) in [7, 11) is 0. The van der Waals surface area contributed by atoms with Crippen molar-refractivity contribution in [3.05, 3.63) is 93.7 Å². The van der Waals surface area contributed by atoms with Crippen molar-refractivity contribution in [2.45, 2.75) is 6.92 Å². The lowest BCUT2D eigenvalue weighted by Gasteiger charge is -2.15. The van der Waals surface area contributed by atoms with Crippen LogP contribution < -0.4 is 5.56 Å². The average molecular weight is 347 g/mol. The monoisotopic (exact) mass is 346 g/mol. The molecule has 0 saturated heterocycles. The highest BCUT2D eigenvalue weighted by atomic mass is 35.5. The zero-order valence-electron chi connectivity index (χ0n) is 13.6. The summed E-state index contributed by atoms with van der Waals surface area (Å²) in [6.07, 6.45) is 0. The quantitative estimate of drug-likeness (QED) is 0.511. The Hall–Kier alpha value is -2.91. The summed E-state index contributed by atoms with van der Waals surface area (Å²) in [6, 6.07) is 22.6. The first-order valence-electron chi connectivity index (χ1n) is 7.99. The van der Waals surface area contributed by atoms with Crippen LogP contribution in [0, 0.1) is 6.92 Å². The number of rotatable bonds is 2. The number of para-hydroxylation sites is 2. The van der Waals surface area contributed by atoms with Gasteiger partial charge in [-0.1, -0.05) is 48.0 Å². The molecule has 0 spiro atoms. The summed E-state index contributed by atoms with van der Waals surface area (Å²) in [5.41, 5.74) is 3.11. The third-order valence-electron chi connectivity index (χ3n) is 4.16. The summed E-state index contributed by atoms with van der Waals surface area (Å²) >= 11 is 6.47. The molecule has 0 aliphatic carbocycles. The van der Waals surface area contributed by atoms with Gasteiger partial charge in [0.05, 0.1) is 21.6 Å². The average Bonchev–Trinajstić information content (AvgIpc) is 2.62. The van der Waals surface area contributed by atoms with Crippen LogP contribution in [-0.4, -0.2) is 9.55 Å². The maximum atomic E-state index is 13.2. The number of aromatic nitrogens is 2. The Bertz CT molecular complexity index is 1130. The lowest BCUT2D eigenvalue weighted by molar-refractivity contribution is 0.976. The molecule has 1 aromatic heterocycles. The van der Waals surface area contributed by atoms with E-state index in [2.05, 4.69) is 0 Å². The SMILES string of the molecule is Cc1ccc(-c2nc3ccccc3c(=O)n2-c2ccccc2)c(Cl)c1. The molecule has 0 atom stereocenters. The van der Waals surface area contributed by atoms with Crippen molar-refractivity contribution in [1.82, 2.24) is 9.55 Å². The second-order valence-electron chi connectivity index (χ2n) is 5.91. The predicted octanol–water partition coefficient (Wildman–Crippen LogP) is 5.01.